The van der Waals surface area contributed by atoms with E-state index in [2.05, 4.69) is 28.7 Å². The molecule has 3 rings (SSSR count). The lowest BCUT2D eigenvalue weighted by Crippen LogP contribution is -2.48. The quantitative estimate of drug-likeness (QED) is 0.792. The first-order valence-corrected chi connectivity index (χ1v) is 9.32. The summed E-state index contributed by atoms with van der Waals surface area (Å²) in [5, 5.41) is 0. The minimum Gasteiger partial charge on any atom is -0.306 e. The highest BCUT2D eigenvalue weighted by Gasteiger charge is 2.37. The van der Waals surface area contributed by atoms with Gasteiger partial charge in [-0.05, 0) is 96.2 Å². The van der Waals surface area contributed by atoms with E-state index < -0.39 is 0 Å². The van der Waals surface area contributed by atoms with Crippen molar-refractivity contribution < 1.29 is 0 Å². The van der Waals surface area contributed by atoms with Gasteiger partial charge in [0.25, 0.3) is 0 Å². The third kappa shape index (κ3) is 4.00. The van der Waals surface area contributed by atoms with E-state index in [1.165, 1.54) is 90.9 Å². The summed E-state index contributed by atoms with van der Waals surface area (Å²) in [5.74, 6) is 0.935. The predicted octanol–water partition coefficient (Wildman–Crippen LogP) is 2.53. The van der Waals surface area contributed by atoms with Gasteiger partial charge in [0, 0.05) is 13.1 Å². The van der Waals surface area contributed by atoms with E-state index >= 15 is 0 Å². The second kappa shape index (κ2) is 6.97. The topological polar surface area (TPSA) is 9.72 Å². The lowest BCUT2D eigenvalue weighted by molar-refractivity contribution is 0.0309. The van der Waals surface area contributed by atoms with Crippen LogP contribution in [-0.2, 0) is 0 Å². The van der Waals surface area contributed by atoms with Crippen molar-refractivity contribution in [1.82, 2.24) is 14.7 Å². The van der Waals surface area contributed by atoms with Gasteiger partial charge in [0.05, 0.1) is 0 Å². The minimum absolute atomic E-state index is 0.713. The van der Waals surface area contributed by atoms with Gasteiger partial charge in [0.15, 0.2) is 0 Å². The van der Waals surface area contributed by atoms with Crippen molar-refractivity contribution in [3.8, 4) is 0 Å². The molecule has 0 radical (unpaired) electrons. The van der Waals surface area contributed by atoms with Crippen LogP contribution in [0.4, 0.5) is 0 Å². The molecule has 3 aliphatic heterocycles. The van der Waals surface area contributed by atoms with Gasteiger partial charge in [-0.25, -0.2) is 0 Å². The lowest BCUT2D eigenvalue weighted by atomic mass is 9.71. The zero-order valence-electron chi connectivity index (χ0n) is 14.3. The van der Waals surface area contributed by atoms with Gasteiger partial charge in [-0.1, -0.05) is 6.92 Å². The molecule has 3 heterocycles. The van der Waals surface area contributed by atoms with Gasteiger partial charge in [-0.15, -0.1) is 0 Å². The van der Waals surface area contributed by atoms with Crippen LogP contribution in [0.3, 0.4) is 0 Å². The monoisotopic (exact) mass is 293 g/mol. The van der Waals surface area contributed by atoms with Crippen LogP contribution >= 0.6 is 0 Å². The Labute approximate surface area is 131 Å². The fraction of sp³-hybridized carbons (Fsp3) is 1.00. The third-order valence-corrected chi connectivity index (χ3v) is 6.53. The average Bonchev–Trinajstić information content (AvgIpc) is 2.53. The molecule has 0 amide bonds. The molecule has 3 nitrogen and oxygen atoms in total. The summed E-state index contributed by atoms with van der Waals surface area (Å²) in [5.41, 5.74) is 0.713. The maximum absolute atomic E-state index is 2.79. The van der Waals surface area contributed by atoms with Crippen LogP contribution in [0.15, 0.2) is 0 Å². The highest BCUT2D eigenvalue weighted by atomic mass is 15.2. The smallest absolute Gasteiger partial charge is 0.00219 e. The van der Waals surface area contributed by atoms with Crippen molar-refractivity contribution in [3.63, 3.8) is 0 Å². The second-order valence-electron chi connectivity index (χ2n) is 8.01. The van der Waals surface area contributed by atoms with Gasteiger partial charge in [-0.3, -0.25) is 0 Å². The van der Waals surface area contributed by atoms with Gasteiger partial charge >= 0.3 is 0 Å². The zero-order valence-corrected chi connectivity index (χ0v) is 14.3. The molecule has 0 aliphatic carbocycles. The van der Waals surface area contributed by atoms with Crippen molar-refractivity contribution in [3.05, 3.63) is 0 Å². The van der Waals surface area contributed by atoms with Crippen LogP contribution in [-0.4, -0.2) is 74.1 Å². The van der Waals surface area contributed by atoms with Crippen molar-refractivity contribution in [1.29, 1.82) is 0 Å². The van der Waals surface area contributed by atoms with Crippen molar-refractivity contribution in [2.75, 3.05) is 59.4 Å². The Morgan fingerprint density at radius 3 is 2.24 bits per heavy atom. The molecule has 3 heteroatoms. The van der Waals surface area contributed by atoms with Crippen LogP contribution < -0.4 is 0 Å². The number of hydrogen-bond acceptors (Lipinski definition) is 3. The Bertz CT molecular complexity index is 312. The molecule has 21 heavy (non-hydrogen) atoms. The van der Waals surface area contributed by atoms with Gasteiger partial charge in [0.2, 0.25) is 0 Å². The summed E-state index contributed by atoms with van der Waals surface area (Å²) in [6, 6.07) is 0. The SMILES string of the molecule is CCN1CCC[C@H](CN2CCC3(CCN(C)CC3)CC2)C1. The first kappa shape index (κ1) is 15.8. The summed E-state index contributed by atoms with van der Waals surface area (Å²) < 4.78 is 0. The van der Waals surface area contributed by atoms with Gasteiger partial charge in [-0.2, -0.15) is 0 Å². The maximum Gasteiger partial charge on any atom is 0.00219 e. The molecule has 0 aromatic rings. The highest BCUT2D eigenvalue weighted by molar-refractivity contribution is 4.90. The largest absolute Gasteiger partial charge is 0.306 e. The van der Waals surface area contributed by atoms with Crippen molar-refractivity contribution in [2.24, 2.45) is 11.3 Å². The molecule has 0 saturated carbocycles. The molecule has 0 aromatic carbocycles. The first-order chi connectivity index (χ1) is 10.2. The van der Waals surface area contributed by atoms with Crippen LogP contribution in [0.2, 0.25) is 0 Å². The Morgan fingerprint density at radius 1 is 0.905 bits per heavy atom. The molecule has 0 bridgehead atoms. The van der Waals surface area contributed by atoms with Gasteiger partial charge in [0.1, 0.15) is 0 Å². The predicted molar refractivity (Wildman–Crippen MR) is 89.7 cm³/mol. The van der Waals surface area contributed by atoms with E-state index in [0.717, 1.165) is 5.92 Å². The molecular weight excluding hydrogens is 258 g/mol. The molecule has 3 aliphatic rings. The Hall–Kier alpha value is -0.120. The Morgan fingerprint density at radius 2 is 1.57 bits per heavy atom. The normalized spacial score (nSPS) is 32.6. The van der Waals surface area contributed by atoms with E-state index in [0.29, 0.717) is 5.41 Å². The van der Waals surface area contributed by atoms with E-state index in [9.17, 15) is 0 Å². The van der Waals surface area contributed by atoms with E-state index in [1.807, 2.05) is 0 Å². The molecule has 0 N–H and O–H groups in total. The van der Waals surface area contributed by atoms with Crippen LogP contribution in [0.25, 0.3) is 0 Å². The molecular formula is C18H35N3. The number of nitrogens with zero attached hydrogens (tertiary/aromatic N) is 3. The summed E-state index contributed by atoms with van der Waals surface area (Å²) in [6.45, 7) is 13.0. The second-order valence-corrected chi connectivity index (χ2v) is 8.01. The van der Waals surface area contributed by atoms with E-state index in [4.69, 9.17) is 0 Å². The number of hydrogen-bond donors (Lipinski definition) is 0. The van der Waals surface area contributed by atoms with Gasteiger partial charge < -0.3 is 14.7 Å². The molecule has 1 spiro atoms. The van der Waals surface area contributed by atoms with Crippen LogP contribution in [0.1, 0.15) is 45.4 Å². The Balaban J connectivity index is 1.43. The summed E-state index contributed by atoms with van der Waals surface area (Å²) in [7, 11) is 2.28. The van der Waals surface area contributed by atoms with E-state index in [-0.39, 0.29) is 0 Å². The standard InChI is InChI=1S/C18H35N3/c1-3-20-10-4-5-17(15-20)16-21-13-8-18(9-14-21)6-11-19(2)12-7-18/h17H,3-16H2,1-2H3/t17-/m0/s1. The number of rotatable bonds is 3. The molecule has 1 atom stereocenters. The molecule has 3 fully saturated rings. The fourth-order valence-corrected chi connectivity index (χ4v) is 4.76. The summed E-state index contributed by atoms with van der Waals surface area (Å²) in [4.78, 5) is 7.95. The number of likely N-dealkylation sites (tertiary alicyclic amines) is 3. The first-order valence-electron chi connectivity index (χ1n) is 9.32. The average molecular weight is 293 g/mol. The van der Waals surface area contributed by atoms with Crippen molar-refractivity contribution in [2.45, 2.75) is 45.4 Å². The zero-order chi connectivity index (χ0) is 14.7. The molecule has 122 valence electrons. The summed E-state index contributed by atoms with van der Waals surface area (Å²) in [6.07, 6.45) is 8.70. The number of piperidine rings is 3. The lowest BCUT2D eigenvalue weighted by Gasteiger charge is -2.47. The maximum atomic E-state index is 2.79. The molecule has 0 aromatic heterocycles. The molecule has 0 unspecified atom stereocenters. The molecule has 3 saturated heterocycles. The van der Waals surface area contributed by atoms with Crippen LogP contribution in [0, 0.1) is 11.3 Å². The third-order valence-electron chi connectivity index (χ3n) is 6.53. The fourth-order valence-electron chi connectivity index (χ4n) is 4.76. The Kier molecular flexibility index (Phi) is 5.23. The highest BCUT2D eigenvalue weighted by Crippen LogP contribution is 2.41. The van der Waals surface area contributed by atoms with Crippen LogP contribution in [0.5, 0.6) is 0 Å². The van der Waals surface area contributed by atoms with E-state index in [1.54, 1.807) is 0 Å². The minimum atomic E-state index is 0.713. The van der Waals surface area contributed by atoms with Crippen molar-refractivity contribution >= 4 is 0 Å². The summed E-state index contributed by atoms with van der Waals surface area (Å²) >= 11 is 0.